The summed E-state index contributed by atoms with van der Waals surface area (Å²) in [4.78, 5) is 31.0. The lowest BCUT2D eigenvalue weighted by atomic mass is 9.85. The Hall–Kier alpha value is -1.97. The first-order valence-corrected chi connectivity index (χ1v) is 13.6. The Kier molecular flexibility index (Phi) is 7.22. The van der Waals surface area contributed by atoms with Gasteiger partial charge in [-0.05, 0) is 57.4 Å². The van der Waals surface area contributed by atoms with Gasteiger partial charge in [0, 0.05) is 64.3 Å². The Bertz CT molecular complexity index is 1010. The van der Waals surface area contributed by atoms with E-state index in [1.54, 1.807) is 18.3 Å². The number of amides is 2. The summed E-state index contributed by atoms with van der Waals surface area (Å²) in [6.07, 6.45) is 6.36. The van der Waals surface area contributed by atoms with Gasteiger partial charge >= 0.3 is 0 Å². The predicted octanol–water partition coefficient (Wildman–Crippen LogP) is 3.21. The van der Waals surface area contributed by atoms with Gasteiger partial charge in [0.2, 0.25) is 5.91 Å². The van der Waals surface area contributed by atoms with E-state index in [9.17, 15) is 9.59 Å². The largest absolute Gasteiger partial charge is 0.381 e. The predicted molar refractivity (Wildman–Crippen MR) is 133 cm³/mol. The fourth-order valence-corrected chi connectivity index (χ4v) is 6.85. The molecule has 2 amide bonds. The second-order valence-corrected chi connectivity index (χ2v) is 11.2. The van der Waals surface area contributed by atoms with E-state index < -0.39 is 0 Å². The van der Waals surface area contributed by atoms with Crippen molar-refractivity contribution in [3.8, 4) is 0 Å². The number of aryl methyl sites for hydroxylation is 1. The number of hydrogen-bond acceptors (Lipinski definition) is 6. The van der Waals surface area contributed by atoms with Crippen LogP contribution in [0.5, 0.6) is 0 Å². The maximum Gasteiger partial charge on any atom is 0.261 e. The standard InChI is InChI=1S/C25H37N5O3S/c1-17-22-15-23(34-25(22)30(27-17)21-7-13-33-14-8-21)24(32)26-20-5-3-19(4-6-20)16-28-9-11-29(12-10-28)18(2)31/h15,19-21H,3-14,16H2,1-2H3,(H,26,32). The zero-order valence-corrected chi connectivity index (χ0v) is 21.2. The van der Waals surface area contributed by atoms with Gasteiger partial charge in [-0.2, -0.15) is 5.10 Å². The normalized spacial score (nSPS) is 25.1. The lowest BCUT2D eigenvalue weighted by Crippen LogP contribution is -2.49. The van der Waals surface area contributed by atoms with Gasteiger partial charge in [0.25, 0.3) is 5.91 Å². The van der Waals surface area contributed by atoms with Gasteiger partial charge in [-0.3, -0.25) is 19.2 Å². The van der Waals surface area contributed by atoms with Crippen LogP contribution < -0.4 is 5.32 Å². The third-order valence-corrected chi connectivity index (χ3v) is 8.97. The van der Waals surface area contributed by atoms with Crippen molar-refractivity contribution in [3.05, 3.63) is 16.6 Å². The van der Waals surface area contributed by atoms with Crippen LogP contribution in [0.2, 0.25) is 0 Å². The Morgan fingerprint density at radius 3 is 2.47 bits per heavy atom. The lowest BCUT2D eigenvalue weighted by Gasteiger charge is -2.37. The number of hydrogen-bond donors (Lipinski definition) is 1. The van der Waals surface area contributed by atoms with E-state index in [1.165, 1.54) is 0 Å². The molecule has 3 aliphatic rings. The molecule has 186 valence electrons. The molecule has 0 unspecified atom stereocenters. The second kappa shape index (κ2) is 10.3. The molecule has 1 saturated carbocycles. The summed E-state index contributed by atoms with van der Waals surface area (Å²) in [5.41, 5.74) is 1.00. The summed E-state index contributed by atoms with van der Waals surface area (Å²) in [6, 6.07) is 2.65. The van der Waals surface area contributed by atoms with Gasteiger partial charge in [0.1, 0.15) is 4.83 Å². The summed E-state index contributed by atoms with van der Waals surface area (Å²) in [5.74, 6) is 0.933. The van der Waals surface area contributed by atoms with Crippen molar-refractivity contribution in [2.45, 2.75) is 64.5 Å². The maximum absolute atomic E-state index is 13.1. The van der Waals surface area contributed by atoms with Crippen LogP contribution in [-0.4, -0.2) is 83.4 Å². The second-order valence-electron chi connectivity index (χ2n) is 10.2. The highest BCUT2D eigenvalue weighted by Crippen LogP contribution is 2.33. The zero-order chi connectivity index (χ0) is 23.7. The van der Waals surface area contributed by atoms with E-state index in [0.717, 1.165) is 105 Å². The number of nitrogens with zero attached hydrogens (tertiary/aromatic N) is 4. The molecule has 0 spiro atoms. The van der Waals surface area contributed by atoms with Gasteiger partial charge in [-0.25, -0.2) is 0 Å². The SMILES string of the molecule is CC(=O)N1CCN(CC2CCC(NC(=O)c3cc4c(C)nn(C5CCOCC5)c4s3)CC2)CC1. The zero-order valence-electron chi connectivity index (χ0n) is 20.4. The van der Waals surface area contributed by atoms with Crippen molar-refractivity contribution < 1.29 is 14.3 Å². The molecule has 0 aromatic carbocycles. The molecular weight excluding hydrogens is 450 g/mol. The molecule has 2 aromatic rings. The summed E-state index contributed by atoms with van der Waals surface area (Å²) < 4.78 is 7.65. The number of carbonyl (C=O) groups excluding carboxylic acids is 2. The highest BCUT2D eigenvalue weighted by Gasteiger charge is 2.28. The minimum absolute atomic E-state index is 0.0583. The van der Waals surface area contributed by atoms with Gasteiger partial charge < -0.3 is 15.0 Å². The number of fused-ring (bicyclic) bond motifs is 1. The monoisotopic (exact) mass is 487 g/mol. The van der Waals surface area contributed by atoms with Crippen LogP contribution in [0.15, 0.2) is 6.07 Å². The third kappa shape index (κ3) is 5.16. The molecule has 1 N–H and O–H groups in total. The Morgan fingerprint density at radius 1 is 1.09 bits per heavy atom. The summed E-state index contributed by atoms with van der Waals surface area (Å²) >= 11 is 1.57. The number of rotatable bonds is 5. The molecule has 1 aliphatic carbocycles. The molecule has 0 atom stereocenters. The van der Waals surface area contributed by atoms with E-state index >= 15 is 0 Å². The van der Waals surface area contributed by atoms with E-state index in [1.807, 2.05) is 17.9 Å². The van der Waals surface area contributed by atoms with E-state index in [4.69, 9.17) is 9.84 Å². The number of piperazine rings is 1. The van der Waals surface area contributed by atoms with Crippen LogP contribution in [0.4, 0.5) is 0 Å². The third-order valence-electron chi connectivity index (χ3n) is 7.84. The van der Waals surface area contributed by atoms with Crippen molar-refractivity contribution in [3.63, 3.8) is 0 Å². The molecule has 9 heteroatoms. The number of ether oxygens (including phenoxy) is 1. The average molecular weight is 488 g/mol. The first-order valence-electron chi connectivity index (χ1n) is 12.8. The van der Waals surface area contributed by atoms with E-state index in [-0.39, 0.29) is 17.9 Å². The Balaban J connectivity index is 1.13. The van der Waals surface area contributed by atoms with Crippen LogP contribution >= 0.6 is 11.3 Å². The van der Waals surface area contributed by atoms with E-state index in [2.05, 4.69) is 14.9 Å². The fourth-order valence-electron chi connectivity index (χ4n) is 5.72. The van der Waals surface area contributed by atoms with Gasteiger partial charge in [0.05, 0.1) is 16.6 Å². The first kappa shape index (κ1) is 23.8. The summed E-state index contributed by atoms with van der Waals surface area (Å²) in [7, 11) is 0. The van der Waals surface area contributed by atoms with Crippen LogP contribution in [-0.2, 0) is 9.53 Å². The van der Waals surface area contributed by atoms with Gasteiger partial charge in [-0.15, -0.1) is 11.3 Å². The smallest absolute Gasteiger partial charge is 0.261 e. The molecule has 0 radical (unpaired) electrons. The molecular formula is C25H37N5O3S. The molecule has 2 aliphatic heterocycles. The van der Waals surface area contributed by atoms with Gasteiger partial charge in [0.15, 0.2) is 0 Å². The summed E-state index contributed by atoms with van der Waals surface area (Å²) in [6.45, 7) is 10.0. The minimum atomic E-state index is 0.0583. The van der Waals surface area contributed by atoms with Crippen molar-refractivity contribution in [1.29, 1.82) is 0 Å². The van der Waals surface area contributed by atoms with Crippen molar-refractivity contribution in [2.75, 3.05) is 45.9 Å². The van der Waals surface area contributed by atoms with Crippen molar-refractivity contribution >= 4 is 33.4 Å². The molecule has 2 aromatic heterocycles. The number of thiophene rings is 1. The molecule has 0 bridgehead atoms. The molecule has 8 nitrogen and oxygen atoms in total. The first-order chi connectivity index (χ1) is 16.5. The van der Waals surface area contributed by atoms with E-state index in [0.29, 0.717) is 12.0 Å². The molecule has 2 saturated heterocycles. The van der Waals surface area contributed by atoms with Crippen LogP contribution in [0, 0.1) is 12.8 Å². The van der Waals surface area contributed by atoms with Crippen molar-refractivity contribution in [2.24, 2.45) is 5.92 Å². The highest BCUT2D eigenvalue weighted by atomic mass is 32.1. The number of carbonyl (C=O) groups is 2. The quantitative estimate of drug-likeness (QED) is 0.701. The number of nitrogens with one attached hydrogen (secondary N) is 1. The summed E-state index contributed by atoms with van der Waals surface area (Å²) in [5, 5.41) is 9.19. The minimum Gasteiger partial charge on any atom is -0.381 e. The van der Waals surface area contributed by atoms with Crippen LogP contribution in [0.1, 0.15) is 66.9 Å². The lowest BCUT2D eigenvalue weighted by molar-refractivity contribution is -0.130. The molecule has 3 fully saturated rings. The molecule has 34 heavy (non-hydrogen) atoms. The Morgan fingerprint density at radius 2 is 1.79 bits per heavy atom. The van der Waals surface area contributed by atoms with Crippen LogP contribution in [0.3, 0.4) is 0 Å². The molecule has 5 rings (SSSR count). The maximum atomic E-state index is 13.1. The van der Waals surface area contributed by atoms with Gasteiger partial charge in [-0.1, -0.05) is 0 Å². The number of aromatic nitrogens is 2. The highest BCUT2D eigenvalue weighted by molar-refractivity contribution is 7.20. The topological polar surface area (TPSA) is 79.7 Å². The van der Waals surface area contributed by atoms with Crippen molar-refractivity contribution in [1.82, 2.24) is 24.9 Å². The average Bonchev–Trinajstić information content (AvgIpc) is 3.42. The van der Waals surface area contributed by atoms with Crippen LogP contribution in [0.25, 0.3) is 10.2 Å². The molecule has 4 heterocycles. The Labute approximate surface area is 205 Å². The fraction of sp³-hybridized carbons (Fsp3) is 0.720.